The number of hydrogen-bond acceptors (Lipinski definition) is 3. The highest BCUT2D eigenvalue weighted by Crippen LogP contribution is 2.26. The van der Waals surface area contributed by atoms with Crippen LogP contribution in [0.2, 0.25) is 0 Å². The molecule has 0 saturated heterocycles. The van der Waals surface area contributed by atoms with Gasteiger partial charge in [-0.3, -0.25) is 0 Å². The van der Waals surface area contributed by atoms with Gasteiger partial charge < -0.3 is 15.2 Å². The molecular formula is C14H22BrNO2. The molecule has 1 unspecified atom stereocenters. The molecule has 1 atom stereocenters. The van der Waals surface area contributed by atoms with Crippen LogP contribution in [0.15, 0.2) is 22.7 Å². The molecule has 1 rings (SSSR count). The van der Waals surface area contributed by atoms with Gasteiger partial charge in [0.1, 0.15) is 5.75 Å². The van der Waals surface area contributed by atoms with Crippen molar-refractivity contribution in [1.29, 1.82) is 0 Å². The Bertz CT molecular complexity index is 358. The normalized spacial score (nSPS) is 12.4. The standard InChI is InChI=1S/C14H22BrNO2/c1-3-12(16)9-11-5-6-14(13(15)10-11)18-8-4-7-17-2/h5-6,10,12H,3-4,7-9,16H2,1-2H3. The Kier molecular flexibility index (Phi) is 7.32. The first-order valence-electron chi connectivity index (χ1n) is 6.33. The maximum atomic E-state index is 5.95. The molecule has 0 bridgehead atoms. The van der Waals surface area contributed by atoms with Crippen LogP contribution in [0.4, 0.5) is 0 Å². The van der Waals surface area contributed by atoms with Crippen molar-refractivity contribution in [2.24, 2.45) is 5.73 Å². The van der Waals surface area contributed by atoms with Crippen molar-refractivity contribution in [3.8, 4) is 5.75 Å². The third-order valence-corrected chi connectivity index (χ3v) is 3.39. The maximum absolute atomic E-state index is 5.95. The Morgan fingerprint density at radius 3 is 2.72 bits per heavy atom. The van der Waals surface area contributed by atoms with Gasteiger partial charge in [0.2, 0.25) is 0 Å². The minimum atomic E-state index is 0.227. The Morgan fingerprint density at radius 1 is 1.33 bits per heavy atom. The lowest BCUT2D eigenvalue weighted by Crippen LogP contribution is -2.21. The quantitative estimate of drug-likeness (QED) is 0.749. The molecule has 0 radical (unpaired) electrons. The molecule has 0 fully saturated rings. The molecule has 0 aromatic heterocycles. The second-order valence-electron chi connectivity index (χ2n) is 4.33. The number of hydrogen-bond donors (Lipinski definition) is 1. The van der Waals surface area contributed by atoms with Crippen LogP contribution in [0.5, 0.6) is 5.75 Å². The third kappa shape index (κ3) is 5.38. The number of nitrogens with two attached hydrogens (primary N) is 1. The van der Waals surface area contributed by atoms with Gasteiger partial charge in [-0.25, -0.2) is 0 Å². The predicted octanol–water partition coefficient (Wildman–Crippen LogP) is 3.14. The third-order valence-electron chi connectivity index (χ3n) is 2.77. The second-order valence-corrected chi connectivity index (χ2v) is 5.19. The topological polar surface area (TPSA) is 44.5 Å². The first kappa shape index (κ1) is 15.5. The van der Waals surface area contributed by atoms with Gasteiger partial charge in [-0.1, -0.05) is 13.0 Å². The molecule has 0 saturated carbocycles. The van der Waals surface area contributed by atoms with Gasteiger partial charge >= 0.3 is 0 Å². The van der Waals surface area contributed by atoms with Gasteiger partial charge in [0.15, 0.2) is 0 Å². The highest BCUT2D eigenvalue weighted by atomic mass is 79.9. The van der Waals surface area contributed by atoms with Crippen molar-refractivity contribution in [1.82, 2.24) is 0 Å². The molecule has 18 heavy (non-hydrogen) atoms. The average molecular weight is 316 g/mol. The molecule has 4 heteroatoms. The van der Waals surface area contributed by atoms with Crippen molar-refractivity contribution < 1.29 is 9.47 Å². The Hall–Kier alpha value is -0.580. The Labute approximate surface area is 118 Å². The van der Waals surface area contributed by atoms with Gasteiger partial charge in [-0.2, -0.15) is 0 Å². The molecule has 0 aliphatic carbocycles. The van der Waals surface area contributed by atoms with Crippen LogP contribution in [0.1, 0.15) is 25.3 Å². The lowest BCUT2D eigenvalue weighted by atomic mass is 10.0. The van der Waals surface area contributed by atoms with E-state index in [0.717, 1.165) is 36.1 Å². The summed E-state index contributed by atoms with van der Waals surface area (Å²) in [6.45, 7) is 3.49. The van der Waals surface area contributed by atoms with Gasteiger partial charge in [-0.05, 0) is 46.5 Å². The zero-order chi connectivity index (χ0) is 13.4. The van der Waals surface area contributed by atoms with E-state index in [0.29, 0.717) is 6.61 Å². The van der Waals surface area contributed by atoms with E-state index in [1.165, 1.54) is 5.56 Å². The van der Waals surface area contributed by atoms with Gasteiger partial charge in [0.05, 0.1) is 11.1 Å². The maximum Gasteiger partial charge on any atom is 0.133 e. The molecule has 0 aliphatic heterocycles. The molecule has 3 nitrogen and oxygen atoms in total. The van der Waals surface area contributed by atoms with E-state index >= 15 is 0 Å². The van der Waals surface area contributed by atoms with Crippen LogP contribution < -0.4 is 10.5 Å². The van der Waals surface area contributed by atoms with E-state index < -0.39 is 0 Å². The fraction of sp³-hybridized carbons (Fsp3) is 0.571. The fourth-order valence-corrected chi connectivity index (χ4v) is 2.16. The molecule has 0 heterocycles. The molecular weight excluding hydrogens is 294 g/mol. The first-order chi connectivity index (χ1) is 8.67. The van der Waals surface area contributed by atoms with Crippen LogP contribution in [-0.4, -0.2) is 26.4 Å². The highest BCUT2D eigenvalue weighted by Gasteiger charge is 2.05. The van der Waals surface area contributed by atoms with E-state index in [1.54, 1.807) is 7.11 Å². The van der Waals surface area contributed by atoms with Gasteiger partial charge in [-0.15, -0.1) is 0 Å². The molecule has 2 N–H and O–H groups in total. The van der Waals surface area contributed by atoms with Crippen LogP contribution in [0, 0.1) is 0 Å². The summed E-state index contributed by atoms with van der Waals surface area (Å²) in [7, 11) is 1.70. The van der Waals surface area contributed by atoms with E-state index in [4.69, 9.17) is 15.2 Å². The van der Waals surface area contributed by atoms with E-state index in [9.17, 15) is 0 Å². The van der Waals surface area contributed by atoms with Crippen molar-refractivity contribution in [3.63, 3.8) is 0 Å². The molecule has 1 aromatic carbocycles. The first-order valence-corrected chi connectivity index (χ1v) is 7.12. The lowest BCUT2D eigenvalue weighted by molar-refractivity contribution is 0.172. The summed E-state index contributed by atoms with van der Waals surface area (Å²) in [4.78, 5) is 0. The summed E-state index contributed by atoms with van der Waals surface area (Å²) in [6.07, 6.45) is 2.79. The summed E-state index contributed by atoms with van der Waals surface area (Å²) in [5.41, 5.74) is 7.18. The van der Waals surface area contributed by atoms with Crippen LogP contribution in [0.25, 0.3) is 0 Å². The smallest absolute Gasteiger partial charge is 0.133 e. The zero-order valence-corrected chi connectivity index (χ0v) is 12.7. The highest BCUT2D eigenvalue weighted by molar-refractivity contribution is 9.10. The molecule has 0 aliphatic rings. The number of ether oxygens (including phenoxy) is 2. The Morgan fingerprint density at radius 2 is 2.11 bits per heavy atom. The molecule has 0 spiro atoms. The number of rotatable bonds is 8. The second kappa shape index (κ2) is 8.51. The Balaban J connectivity index is 2.51. The largest absolute Gasteiger partial charge is 0.492 e. The molecule has 1 aromatic rings. The monoisotopic (exact) mass is 315 g/mol. The SMILES string of the molecule is CCC(N)Cc1ccc(OCCCOC)c(Br)c1. The van der Waals surface area contributed by atoms with Crippen molar-refractivity contribution in [2.45, 2.75) is 32.2 Å². The number of benzene rings is 1. The van der Waals surface area contributed by atoms with Crippen LogP contribution in [-0.2, 0) is 11.2 Å². The minimum absolute atomic E-state index is 0.227. The predicted molar refractivity (Wildman–Crippen MR) is 78.1 cm³/mol. The summed E-state index contributed by atoms with van der Waals surface area (Å²) in [5, 5.41) is 0. The van der Waals surface area contributed by atoms with Crippen molar-refractivity contribution >= 4 is 15.9 Å². The zero-order valence-electron chi connectivity index (χ0n) is 11.1. The summed E-state index contributed by atoms with van der Waals surface area (Å²) < 4.78 is 11.6. The summed E-state index contributed by atoms with van der Waals surface area (Å²) in [5.74, 6) is 0.875. The van der Waals surface area contributed by atoms with Crippen LogP contribution >= 0.6 is 15.9 Å². The van der Waals surface area contributed by atoms with Gasteiger partial charge in [0, 0.05) is 26.2 Å². The number of methoxy groups -OCH3 is 1. The fourth-order valence-electron chi connectivity index (χ4n) is 1.62. The molecule has 0 amide bonds. The number of halogens is 1. The summed E-state index contributed by atoms with van der Waals surface area (Å²) in [6, 6.07) is 6.38. The van der Waals surface area contributed by atoms with E-state index in [2.05, 4.69) is 35.0 Å². The van der Waals surface area contributed by atoms with Crippen LogP contribution in [0.3, 0.4) is 0 Å². The van der Waals surface area contributed by atoms with Gasteiger partial charge in [0.25, 0.3) is 0 Å². The van der Waals surface area contributed by atoms with E-state index in [1.807, 2.05) is 6.07 Å². The minimum Gasteiger partial charge on any atom is -0.492 e. The lowest BCUT2D eigenvalue weighted by Gasteiger charge is -2.12. The molecule has 102 valence electrons. The van der Waals surface area contributed by atoms with E-state index in [-0.39, 0.29) is 6.04 Å². The van der Waals surface area contributed by atoms with Crippen molar-refractivity contribution in [3.05, 3.63) is 28.2 Å². The summed E-state index contributed by atoms with van der Waals surface area (Å²) >= 11 is 3.53. The average Bonchev–Trinajstić information content (AvgIpc) is 2.36. The van der Waals surface area contributed by atoms with Crippen molar-refractivity contribution in [2.75, 3.05) is 20.3 Å².